The fourth-order valence-corrected chi connectivity index (χ4v) is 3.32. The Bertz CT molecular complexity index is 1030. The number of benzene rings is 2. The molecule has 0 amide bonds. The van der Waals surface area contributed by atoms with Crippen molar-refractivity contribution in [2.24, 2.45) is 10.7 Å². The lowest BCUT2D eigenvalue weighted by Gasteiger charge is -2.11. The largest absolute Gasteiger partial charge is 0.485 e. The van der Waals surface area contributed by atoms with Crippen molar-refractivity contribution >= 4 is 29.0 Å². The number of nitrogens with two attached hydrogens (primary N) is 1. The average Bonchev–Trinajstić information content (AvgIpc) is 2.86. The quantitative estimate of drug-likeness (QED) is 0.189. The first-order valence-corrected chi connectivity index (χ1v) is 11.4. The molecule has 33 heavy (non-hydrogen) atoms. The van der Waals surface area contributed by atoms with Crippen LogP contribution in [0.1, 0.15) is 29.5 Å². The molecule has 3 N–H and O–H groups in total. The summed E-state index contributed by atoms with van der Waals surface area (Å²) in [6.07, 6.45) is 6.52. The third-order valence-electron chi connectivity index (χ3n) is 4.33. The molecule has 0 bridgehead atoms. The van der Waals surface area contributed by atoms with Crippen molar-refractivity contribution in [3.63, 3.8) is 0 Å². The molecule has 0 saturated heterocycles. The second kappa shape index (κ2) is 15.4. The Morgan fingerprint density at radius 3 is 2.36 bits per heavy atom. The van der Waals surface area contributed by atoms with Crippen LogP contribution in [-0.4, -0.2) is 28.7 Å². The van der Waals surface area contributed by atoms with Crippen LogP contribution in [0.2, 0.25) is 0 Å². The summed E-state index contributed by atoms with van der Waals surface area (Å²) in [5.74, 6) is 1.03. The predicted molar refractivity (Wildman–Crippen MR) is 136 cm³/mol. The highest BCUT2D eigenvalue weighted by molar-refractivity contribution is 8.16. The van der Waals surface area contributed by atoms with Gasteiger partial charge in [-0.25, -0.2) is 9.98 Å². The summed E-state index contributed by atoms with van der Waals surface area (Å²) >= 11 is 1.29. The summed E-state index contributed by atoms with van der Waals surface area (Å²) in [6.45, 7) is 0.415. The van der Waals surface area contributed by atoms with E-state index in [1.54, 1.807) is 6.20 Å². The van der Waals surface area contributed by atoms with E-state index in [1.807, 2.05) is 66.1 Å². The fourth-order valence-electron chi connectivity index (χ4n) is 2.81. The second-order valence-electron chi connectivity index (χ2n) is 6.79. The number of aliphatic hydroxyl groups is 1. The van der Waals surface area contributed by atoms with Gasteiger partial charge in [-0.1, -0.05) is 78.5 Å². The molecule has 1 aromatic heterocycles. The van der Waals surface area contributed by atoms with Gasteiger partial charge in [-0.15, -0.1) is 0 Å². The first-order chi connectivity index (χ1) is 16.2. The van der Waals surface area contributed by atoms with Gasteiger partial charge in [0.2, 0.25) is 0 Å². The molecule has 0 aliphatic heterocycles. The minimum Gasteiger partial charge on any atom is -0.485 e. The van der Waals surface area contributed by atoms with Crippen LogP contribution in [0.15, 0.2) is 89.4 Å². The van der Waals surface area contributed by atoms with E-state index in [1.165, 1.54) is 17.3 Å². The number of pyridine rings is 1. The molecule has 6 nitrogen and oxygen atoms in total. The number of aliphatic hydroxyl groups excluding tert-OH is 1. The van der Waals surface area contributed by atoms with Crippen LogP contribution in [0.3, 0.4) is 0 Å². The van der Waals surface area contributed by atoms with Gasteiger partial charge < -0.3 is 20.4 Å². The lowest BCUT2D eigenvalue weighted by atomic mass is 10.1. The van der Waals surface area contributed by atoms with Gasteiger partial charge in [-0.05, 0) is 41.0 Å². The Morgan fingerprint density at radius 1 is 1.03 bits per heavy atom. The van der Waals surface area contributed by atoms with Crippen molar-refractivity contribution in [2.75, 3.05) is 7.11 Å². The number of rotatable bonds is 10. The number of thioether (sulfide) groups is 1. The zero-order chi connectivity index (χ0) is 23.7. The first kappa shape index (κ1) is 25.8. The summed E-state index contributed by atoms with van der Waals surface area (Å²) in [7, 11) is 1.00. The summed E-state index contributed by atoms with van der Waals surface area (Å²) in [5, 5.41) is 9.19. The van der Waals surface area contributed by atoms with E-state index in [-0.39, 0.29) is 0 Å². The van der Waals surface area contributed by atoms with Crippen molar-refractivity contribution in [3.05, 3.63) is 101 Å². The van der Waals surface area contributed by atoms with Crippen LogP contribution in [0.25, 0.3) is 0 Å². The first-order valence-electron chi connectivity index (χ1n) is 10.5. The number of nitrogens with zero attached hydrogens (tertiary/aromatic N) is 2. The fraction of sp³-hybridized carbons (Fsp3) is 0.192. The summed E-state index contributed by atoms with van der Waals surface area (Å²) in [4.78, 5) is 19.3. The maximum Gasteiger partial charge on any atom is 0.197 e. The zero-order valence-electron chi connectivity index (χ0n) is 18.6. The summed E-state index contributed by atoms with van der Waals surface area (Å²) in [5.41, 5.74) is 9.35. The molecule has 1 heterocycles. The minimum atomic E-state index is 0.357. The van der Waals surface area contributed by atoms with Gasteiger partial charge >= 0.3 is 0 Å². The molecule has 0 atom stereocenters. The van der Waals surface area contributed by atoms with Crippen LogP contribution in [0, 0.1) is 0 Å². The number of carbonyl (C=O) groups excluding carboxylic acids is 1. The zero-order valence-corrected chi connectivity index (χ0v) is 19.4. The summed E-state index contributed by atoms with van der Waals surface area (Å²) < 4.78 is 6.07. The number of carbonyl (C=O) groups is 1. The van der Waals surface area contributed by atoms with E-state index >= 15 is 0 Å². The molecule has 0 spiro atoms. The molecule has 0 radical (unpaired) electrons. The highest BCUT2D eigenvalue weighted by Gasteiger charge is 2.09. The molecular weight excluding hydrogens is 434 g/mol. The van der Waals surface area contributed by atoms with Crippen molar-refractivity contribution in [1.82, 2.24) is 4.98 Å². The lowest BCUT2D eigenvalue weighted by Crippen LogP contribution is -2.05. The van der Waals surface area contributed by atoms with Crippen LogP contribution < -0.4 is 10.5 Å². The molecule has 0 saturated carbocycles. The highest BCUT2D eigenvalue weighted by Crippen LogP contribution is 2.28. The maximum absolute atomic E-state index is 10.4. The normalized spacial score (nSPS) is 11.0. The van der Waals surface area contributed by atoms with E-state index in [0.29, 0.717) is 36.2 Å². The van der Waals surface area contributed by atoms with Crippen LogP contribution in [0.4, 0.5) is 5.82 Å². The SMILES string of the molecule is CO.N/C(=N/c1ncc(Cc2ccccc2)cc1OCc1ccccc1)S/C=C/CCC=O. The Hall–Kier alpha value is -3.42. The molecule has 2 aromatic carbocycles. The molecule has 0 aliphatic carbocycles. The van der Waals surface area contributed by atoms with Gasteiger partial charge in [0, 0.05) is 19.7 Å². The topological polar surface area (TPSA) is 97.8 Å². The number of allylic oxidation sites excluding steroid dienone is 1. The molecule has 7 heteroatoms. The number of aliphatic imine (C=N–C) groups is 1. The number of hydrogen-bond donors (Lipinski definition) is 2. The van der Waals surface area contributed by atoms with Crippen molar-refractivity contribution in [3.8, 4) is 5.75 Å². The van der Waals surface area contributed by atoms with Crippen LogP contribution in [-0.2, 0) is 17.8 Å². The van der Waals surface area contributed by atoms with E-state index in [2.05, 4.69) is 22.1 Å². The molecular formula is C26H29N3O3S. The van der Waals surface area contributed by atoms with E-state index in [4.69, 9.17) is 15.6 Å². The predicted octanol–water partition coefficient (Wildman–Crippen LogP) is 5.03. The molecule has 0 aliphatic rings. The number of aromatic nitrogens is 1. The van der Waals surface area contributed by atoms with Crippen molar-refractivity contribution in [1.29, 1.82) is 0 Å². The number of hydrogen-bond acceptors (Lipinski definition) is 6. The Kier molecular flexibility index (Phi) is 12.1. The van der Waals surface area contributed by atoms with Crippen LogP contribution in [0.5, 0.6) is 5.75 Å². The van der Waals surface area contributed by atoms with Crippen molar-refractivity contribution in [2.45, 2.75) is 25.9 Å². The lowest BCUT2D eigenvalue weighted by molar-refractivity contribution is -0.107. The molecule has 3 rings (SSSR count). The molecule has 172 valence electrons. The van der Waals surface area contributed by atoms with Gasteiger partial charge in [0.25, 0.3) is 0 Å². The maximum atomic E-state index is 10.4. The Labute approximate surface area is 199 Å². The van der Waals surface area contributed by atoms with Gasteiger partial charge in [-0.2, -0.15) is 0 Å². The highest BCUT2D eigenvalue weighted by atomic mass is 32.2. The monoisotopic (exact) mass is 463 g/mol. The average molecular weight is 464 g/mol. The van der Waals surface area contributed by atoms with E-state index in [0.717, 1.165) is 30.9 Å². The van der Waals surface area contributed by atoms with E-state index < -0.39 is 0 Å². The van der Waals surface area contributed by atoms with E-state index in [9.17, 15) is 4.79 Å². The third-order valence-corrected chi connectivity index (χ3v) is 4.99. The van der Waals surface area contributed by atoms with Gasteiger partial charge in [0.15, 0.2) is 16.7 Å². The number of amidine groups is 1. The Morgan fingerprint density at radius 2 is 1.70 bits per heavy atom. The smallest absolute Gasteiger partial charge is 0.197 e. The van der Waals surface area contributed by atoms with Gasteiger partial charge in [0.1, 0.15) is 12.9 Å². The summed E-state index contributed by atoms with van der Waals surface area (Å²) in [6, 6.07) is 22.1. The number of aldehydes is 1. The van der Waals surface area contributed by atoms with Crippen molar-refractivity contribution < 1.29 is 14.6 Å². The standard InChI is InChI=1S/C25H25N3O2S.CH4O/c26-25(31-15-9-3-8-14-29)28-24-23(30-19-21-12-6-2-7-13-21)17-22(18-27-24)16-20-10-4-1-5-11-20;1-2/h1-2,4-7,9-15,17-18H,3,8,16,19H2,(H2,26,27,28);2H,1H3/b15-9+;. The Balaban J connectivity index is 0.00000187. The number of ether oxygens (including phenoxy) is 1. The van der Waals surface area contributed by atoms with Crippen LogP contribution >= 0.6 is 11.8 Å². The second-order valence-corrected chi connectivity index (χ2v) is 7.71. The molecule has 0 fully saturated rings. The minimum absolute atomic E-state index is 0.357. The molecule has 0 unspecified atom stereocenters. The number of unbranched alkanes of at least 4 members (excludes halogenated alkanes) is 1. The third kappa shape index (κ3) is 9.72. The van der Waals surface area contributed by atoms with Gasteiger partial charge in [0.05, 0.1) is 0 Å². The molecule has 3 aromatic rings. The van der Waals surface area contributed by atoms with Gasteiger partial charge in [-0.3, -0.25) is 0 Å².